The van der Waals surface area contributed by atoms with Gasteiger partial charge in [0.1, 0.15) is 0 Å². The van der Waals surface area contributed by atoms with Gasteiger partial charge in [-0.3, -0.25) is 11.3 Å². The maximum absolute atomic E-state index is 5.39. The minimum atomic E-state index is 0.430. The molecule has 0 spiro atoms. The molecule has 0 radical (unpaired) electrons. The van der Waals surface area contributed by atoms with Crippen LogP contribution < -0.4 is 11.3 Å². The minimum Gasteiger partial charge on any atom is -0.378 e. The highest BCUT2D eigenvalue weighted by molar-refractivity contribution is 5.01. The van der Waals surface area contributed by atoms with Crippen LogP contribution in [0.5, 0.6) is 0 Å². The van der Waals surface area contributed by atoms with Crippen molar-refractivity contribution in [3.8, 4) is 0 Å². The molecular weight excluding hydrogens is 116 g/mol. The van der Waals surface area contributed by atoms with Crippen molar-refractivity contribution in [2.24, 2.45) is 11.3 Å². The monoisotopic (exact) mass is 128 g/mol. The van der Waals surface area contributed by atoms with Crippen LogP contribution in [0.15, 0.2) is 0 Å². The number of ether oxygens (including phenoxy) is 1. The normalized spacial score (nSPS) is 47.0. The van der Waals surface area contributed by atoms with E-state index in [-0.39, 0.29) is 0 Å². The molecule has 2 heterocycles. The SMILES string of the molecule is NNCC12COC(C1)C2. The molecule has 3 rings (SSSR count). The lowest BCUT2D eigenvalue weighted by Gasteiger charge is -2.34. The second-order valence-electron chi connectivity index (χ2n) is 3.22. The van der Waals surface area contributed by atoms with E-state index in [1.54, 1.807) is 0 Å². The number of hydrogen-bond donors (Lipinski definition) is 2. The molecule has 2 bridgehead atoms. The molecule has 9 heavy (non-hydrogen) atoms. The van der Waals surface area contributed by atoms with E-state index in [1.165, 1.54) is 12.8 Å². The Balaban J connectivity index is 1.95. The third kappa shape index (κ3) is 0.689. The quantitative estimate of drug-likeness (QED) is 0.394. The summed E-state index contributed by atoms with van der Waals surface area (Å²) < 4.78 is 5.39. The number of fused-ring (bicyclic) bond motifs is 1. The molecule has 0 atom stereocenters. The van der Waals surface area contributed by atoms with Gasteiger partial charge in [-0.25, -0.2) is 0 Å². The summed E-state index contributed by atoms with van der Waals surface area (Å²) in [5.41, 5.74) is 3.14. The lowest BCUT2D eigenvalue weighted by atomic mass is 9.70. The van der Waals surface area contributed by atoms with Gasteiger partial charge >= 0.3 is 0 Å². The zero-order valence-corrected chi connectivity index (χ0v) is 5.39. The molecule has 0 aromatic carbocycles. The standard InChI is InChI=1S/C6H12N2O/c7-8-3-6-1-5(2-6)9-4-6/h5,8H,1-4,7H2. The van der Waals surface area contributed by atoms with E-state index in [9.17, 15) is 0 Å². The fourth-order valence-corrected chi connectivity index (χ4v) is 1.85. The molecule has 0 unspecified atom stereocenters. The van der Waals surface area contributed by atoms with Gasteiger partial charge < -0.3 is 4.74 Å². The zero-order chi connectivity index (χ0) is 6.32. The Morgan fingerprint density at radius 2 is 2.44 bits per heavy atom. The Kier molecular flexibility index (Phi) is 1.06. The van der Waals surface area contributed by atoms with E-state index in [2.05, 4.69) is 5.43 Å². The number of hydrogen-bond acceptors (Lipinski definition) is 3. The molecule has 3 aliphatic rings. The van der Waals surface area contributed by atoms with Crippen molar-refractivity contribution in [3.05, 3.63) is 0 Å². The van der Waals surface area contributed by atoms with Crippen LogP contribution in [0.2, 0.25) is 0 Å². The molecule has 3 N–H and O–H groups in total. The van der Waals surface area contributed by atoms with Crippen LogP contribution in [0.4, 0.5) is 0 Å². The van der Waals surface area contributed by atoms with E-state index < -0.39 is 0 Å². The molecule has 2 aliphatic heterocycles. The fraction of sp³-hybridized carbons (Fsp3) is 1.00. The summed E-state index contributed by atoms with van der Waals surface area (Å²) >= 11 is 0. The lowest BCUT2D eigenvalue weighted by Crippen LogP contribution is -2.44. The molecular formula is C6H12N2O. The van der Waals surface area contributed by atoms with Crippen molar-refractivity contribution in [2.75, 3.05) is 13.2 Å². The highest BCUT2D eigenvalue weighted by Crippen LogP contribution is 2.49. The Morgan fingerprint density at radius 1 is 1.67 bits per heavy atom. The van der Waals surface area contributed by atoms with Gasteiger partial charge in [0, 0.05) is 12.0 Å². The zero-order valence-electron chi connectivity index (χ0n) is 5.39. The van der Waals surface area contributed by atoms with Crippen LogP contribution in [-0.2, 0) is 4.74 Å². The highest BCUT2D eigenvalue weighted by Gasteiger charge is 2.51. The first-order valence-electron chi connectivity index (χ1n) is 3.40. The molecule has 0 amide bonds. The van der Waals surface area contributed by atoms with Gasteiger partial charge in [-0.1, -0.05) is 0 Å². The molecule has 0 aromatic heterocycles. The van der Waals surface area contributed by atoms with E-state index in [0.717, 1.165) is 13.2 Å². The van der Waals surface area contributed by atoms with Gasteiger partial charge in [0.2, 0.25) is 0 Å². The summed E-state index contributed by atoms with van der Waals surface area (Å²) in [6.07, 6.45) is 3.01. The van der Waals surface area contributed by atoms with E-state index in [0.29, 0.717) is 11.5 Å². The largest absolute Gasteiger partial charge is 0.378 e. The third-order valence-electron chi connectivity index (χ3n) is 2.42. The summed E-state index contributed by atoms with van der Waals surface area (Å²) in [7, 11) is 0. The van der Waals surface area contributed by atoms with Gasteiger partial charge in [-0.15, -0.1) is 0 Å². The van der Waals surface area contributed by atoms with Crippen LogP contribution in [-0.4, -0.2) is 19.3 Å². The van der Waals surface area contributed by atoms with E-state index in [4.69, 9.17) is 10.6 Å². The lowest BCUT2D eigenvalue weighted by molar-refractivity contribution is 0.111. The average Bonchev–Trinajstić information content (AvgIpc) is 2.22. The minimum absolute atomic E-state index is 0.430. The van der Waals surface area contributed by atoms with Crippen molar-refractivity contribution in [2.45, 2.75) is 18.9 Å². The molecule has 3 heteroatoms. The Labute approximate surface area is 54.5 Å². The third-order valence-corrected chi connectivity index (χ3v) is 2.42. The molecule has 0 aromatic rings. The Bertz CT molecular complexity index is 115. The summed E-state index contributed by atoms with van der Waals surface area (Å²) in [6, 6.07) is 0. The Hall–Kier alpha value is -0.120. The molecule has 1 aliphatic carbocycles. The van der Waals surface area contributed by atoms with Crippen LogP contribution in [0, 0.1) is 5.41 Å². The maximum Gasteiger partial charge on any atom is 0.0588 e. The van der Waals surface area contributed by atoms with Crippen molar-refractivity contribution in [1.82, 2.24) is 5.43 Å². The molecule has 2 saturated heterocycles. The van der Waals surface area contributed by atoms with Crippen LogP contribution in [0.1, 0.15) is 12.8 Å². The number of nitrogens with two attached hydrogens (primary N) is 1. The average molecular weight is 128 g/mol. The maximum atomic E-state index is 5.39. The fourth-order valence-electron chi connectivity index (χ4n) is 1.85. The molecule has 52 valence electrons. The molecule has 3 nitrogen and oxygen atoms in total. The van der Waals surface area contributed by atoms with Crippen molar-refractivity contribution in [3.63, 3.8) is 0 Å². The molecule has 3 fully saturated rings. The predicted molar refractivity (Wildman–Crippen MR) is 33.6 cm³/mol. The van der Waals surface area contributed by atoms with Gasteiger partial charge in [0.25, 0.3) is 0 Å². The second-order valence-corrected chi connectivity index (χ2v) is 3.22. The number of rotatable bonds is 2. The van der Waals surface area contributed by atoms with Gasteiger partial charge in [-0.05, 0) is 12.8 Å². The smallest absolute Gasteiger partial charge is 0.0588 e. The van der Waals surface area contributed by atoms with E-state index in [1.807, 2.05) is 0 Å². The number of nitrogens with one attached hydrogen (secondary N) is 1. The first-order valence-corrected chi connectivity index (χ1v) is 3.40. The van der Waals surface area contributed by atoms with Crippen molar-refractivity contribution >= 4 is 0 Å². The predicted octanol–water partition coefficient (Wildman–Crippen LogP) is -0.371. The topological polar surface area (TPSA) is 47.3 Å². The summed E-state index contributed by atoms with van der Waals surface area (Å²) in [5, 5.41) is 0. The summed E-state index contributed by atoms with van der Waals surface area (Å²) in [5.74, 6) is 5.21. The summed E-state index contributed by atoms with van der Waals surface area (Å²) in [6.45, 7) is 1.84. The van der Waals surface area contributed by atoms with Crippen LogP contribution in [0.3, 0.4) is 0 Å². The van der Waals surface area contributed by atoms with Gasteiger partial charge in [-0.2, -0.15) is 0 Å². The van der Waals surface area contributed by atoms with E-state index >= 15 is 0 Å². The Morgan fingerprint density at radius 3 is 2.89 bits per heavy atom. The highest BCUT2D eigenvalue weighted by atomic mass is 16.5. The summed E-state index contributed by atoms with van der Waals surface area (Å²) in [4.78, 5) is 0. The van der Waals surface area contributed by atoms with Crippen molar-refractivity contribution in [1.29, 1.82) is 0 Å². The van der Waals surface area contributed by atoms with Gasteiger partial charge in [0.15, 0.2) is 0 Å². The first kappa shape index (κ1) is 5.65. The number of hydrazine groups is 1. The second kappa shape index (κ2) is 1.68. The van der Waals surface area contributed by atoms with Gasteiger partial charge in [0.05, 0.1) is 12.7 Å². The van der Waals surface area contributed by atoms with Crippen LogP contribution >= 0.6 is 0 Å². The van der Waals surface area contributed by atoms with Crippen molar-refractivity contribution < 1.29 is 4.74 Å². The first-order chi connectivity index (χ1) is 4.35. The van der Waals surface area contributed by atoms with Crippen LogP contribution in [0.25, 0.3) is 0 Å². The molecule has 1 saturated carbocycles.